The first-order valence-corrected chi connectivity index (χ1v) is 6.42. The van der Waals surface area contributed by atoms with E-state index in [1.807, 2.05) is 23.5 Å². The average Bonchev–Trinajstić information content (AvgIpc) is 2.05. The summed E-state index contributed by atoms with van der Waals surface area (Å²) in [5.74, 6) is 16.2. The van der Waals surface area contributed by atoms with E-state index in [0.717, 1.165) is 11.5 Å². The molecule has 2 heteroatoms. The molecule has 1 aliphatic heterocycles. The predicted octanol–water partition coefficient (Wildman–Crippen LogP) is 2.25. The molecular formula is C10H12S2. The van der Waals surface area contributed by atoms with E-state index < -0.39 is 0 Å². The number of hydrogen-bond acceptors (Lipinski definition) is 2. The topological polar surface area (TPSA) is 0 Å². The van der Waals surface area contributed by atoms with Crippen molar-refractivity contribution >= 4 is 23.5 Å². The second kappa shape index (κ2) is 7.47. The lowest BCUT2D eigenvalue weighted by Crippen LogP contribution is -1.86. The molecule has 0 saturated heterocycles. The molecule has 1 rings (SSSR count). The molecule has 0 atom stereocenters. The van der Waals surface area contributed by atoms with E-state index in [9.17, 15) is 0 Å². The summed E-state index contributed by atoms with van der Waals surface area (Å²) in [7, 11) is 0. The first-order chi connectivity index (χ1) is 6.00. The molecule has 0 N–H and O–H groups in total. The second-order valence-corrected chi connectivity index (χ2v) is 4.63. The van der Waals surface area contributed by atoms with Crippen LogP contribution < -0.4 is 0 Å². The fourth-order valence-corrected chi connectivity index (χ4v) is 2.27. The van der Waals surface area contributed by atoms with Crippen molar-refractivity contribution < 1.29 is 0 Å². The Bertz CT molecular complexity index is 198. The quantitative estimate of drug-likeness (QED) is 0.545. The molecule has 64 valence electrons. The zero-order valence-electron chi connectivity index (χ0n) is 7.06. The van der Waals surface area contributed by atoms with Crippen molar-refractivity contribution in [3.8, 4) is 23.7 Å². The van der Waals surface area contributed by atoms with Crippen molar-refractivity contribution in [2.75, 3.05) is 23.0 Å². The Hall–Kier alpha value is -0.180. The fourth-order valence-electron chi connectivity index (χ4n) is 0.815. The van der Waals surface area contributed by atoms with E-state index in [1.165, 1.54) is 24.3 Å². The minimum atomic E-state index is 0.946. The Morgan fingerprint density at radius 1 is 0.750 bits per heavy atom. The Morgan fingerprint density at radius 2 is 1.25 bits per heavy atom. The number of rotatable bonds is 0. The molecule has 0 aromatic heterocycles. The molecule has 0 aliphatic carbocycles. The van der Waals surface area contributed by atoms with Gasteiger partial charge >= 0.3 is 0 Å². The molecule has 0 aromatic carbocycles. The van der Waals surface area contributed by atoms with Gasteiger partial charge in [-0.05, 0) is 36.2 Å². The van der Waals surface area contributed by atoms with Crippen molar-refractivity contribution in [1.82, 2.24) is 0 Å². The Kier molecular flexibility index (Phi) is 6.16. The lowest BCUT2D eigenvalue weighted by molar-refractivity contribution is 0.908. The molecule has 0 fully saturated rings. The van der Waals surface area contributed by atoms with Gasteiger partial charge in [-0.15, -0.1) is 23.5 Å². The average molecular weight is 196 g/mol. The van der Waals surface area contributed by atoms with Crippen LogP contribution in [0.4, 0.5) is 0 Å². The minimum Gasteiger partial charge on any atom is -0.149 e. The van der Waals surface area contributed by atoms with Gasteiger partial charge in [0.2, 0.25) is 0 Å². The smallest absolute Gasteiger partial charge is 0.0557 e. The molecule has 0 saturated carbocycles. The first-order valence-electron chi connectivity index (χ1n) is 4.11. The maximum absolute atomic E-state index is 3.03. The van der Waals surface area contributed by atoms with Crippen molar-refractivity contribution in [2.24, 2.45) is 0 Å². The van der Waals surface area contributed by atoms with Crippen molar-refractivity contribution in [3.63, 3.8) is 0 Å². The molecule has 0 amide bonds. The van der Waals surface area contributed by atoms with Crippen LogP contribution in [0.2, 0.25) is 0 Å². The normalized spacial score (nSPS) is 18.7. The molecule has 1 heterocycles. The van der Waals surface area contributed by atoms with Gasteiger partial charge in [-0.3, -0.25) is 0 Å². The molecule has 0 spiro atoms. The van der Waals surface area contributed by atoms with Gasteiger partial charge in [-0.2, -0.15) is 0 Å². The van der Waals surface area contributed by atoms with Crippen LogP contribution in [0.5, 0.6) is 0 Å². The fraction of sp³-hybridized carbons (Fsp3) is 0.600. The van der Waals surface area contributed by atoms with Crippen LogP contribution in [-0.4, -0.2) is 23.0 Å². The van der Waals surface area contributed by atoms with Gasteiger partial charge in [0.1, 0.15) is 0 Å². The molecule has 12 heavy (non-hydrogen) atoms. The van der Waals surface area contributed by atoms with Crippen molar-refractivity contribution in [3.05, 3.63) is 0 Å². The van der Waals surface area contributed by atoms with E-state index >= 15 is 0 Å². The number of thioether (sulfide) groups is 2. The molecule has 0 nitrogen and oxygen atoms in total. The van der Waals surface area contributed by atoms with Crippen LogP contribution in [0.3, 0.4) is 0 Å². The van der Waals surface area contributed by atoms with Gasteiger partial charge in [-0.1, -0.05) is 11.8 Å². The minimum absolute atomic E-state index is 0.946. The van der Waals surface area contributed by atoms with Gasteiger partial charge in [0.25, 0.3) is 0 Å². The van der Waals surface area contributed by atoms with Crippen LogP contribution >= 0.6 is 23.5 Å². The Morgan fingerprint density at radius 3 is 1.75 bits per heavy atom. The van der Waals surface area contributed by atoms with E-state index in [4.69, 9.17) is 0 Å². The van der Waals surface area contributed by atoms with Crippen LogP contribution in [0, 0.1) is 23.7 Å². The van der Waals surface area contributed by atoms with E-state index in [1.54, 1.807) is 0 Å². The highest BCUT2D eigenvalue weighted by molar-refractivity contribution is 7.99. The summed E-state index contributed by atoms with van der Waals surface area (Å²) in [6, 6.07) is 0. The van der Waals surface area contributed by atoms with Gasteiger partial charge in [0.05, 0.1) is 11.5 Å². The Labute approximate surface area is 83.3 Å². The highest BCUT2D eigenvalue weighted by Gasteiger charge is 1.90. The highest BCUT2D eigenvalue weighted by atomic mass is 32.2. The summed E-state index contributed by atoms with van der Waals surface area (Å²) in [5, 5.41) is 0. The molecular weight excluding hydrogens is 184 g/mol. The summed E-state index contributed by atoms with van der Waals surface area (Å²) in [6.07, 6.45) is 2.65. The standard InChI is InChI=1S/C10H12S2/c1-2-4-8-12-10-6-5-9-11-7-3-1/h5-10H2. The van der Waals surface area contributed by atoms with Crippen molar-refractivity contribution in [1.29, 1.82) is 0 Å². The van der Waals surface area contributed by atoms with Gasteiger partial charge in [-0.25, -0.2) is 0 Å². The van der Waals surface area contributed by atoms with Gasteiger partial charge in [0, 0.05) is 0 Å². The van der Waals surface area contributed by atoms with E-state index in [2.05, 4.69) is 23.7 Å². The highest BCUT2D eigenvalue weighted by Crippen LogP contribution is 2.08. The van der Waals surface area contributed by atoms with Crippen LogP contribution in [0.25, 0.3) is 0 Å². The van der Waals surface area contributed by atoms with Crippen molar-refractivity contribution in [2.45, 2.75) is 12.8 Å². The molecule has 0 aromatic rings. The SMILES string of the molecule is C1#CCSCCCCSCC#C1. The summed E-state index contributed by atoms with van der Waals surface area (Å²) in [5.41, 5.74) is 0. The molecule has 0 radical (unpaired) electrons. The molecule has 1 aliphatic rings. The van der Waals surface area contributed by atoms with E-state index in [0.29, 0.717) is 0 Å². The third-order valence-electron chi connectivity index (χ3n) is 1.42. The maximum Gasteiger partial charge on any atom is 0.0557 e. The van der Waals surface area contributed by atoms with Gasteiger partial charge < -0.3 is 0 Å². The lowest BCUT2D eigenvalue weighted by Gasteiger charge is -1.98. The van der Waals surface area contributed by atoms with Crippen LogP contribution in [0.1, 0.15) is 12.8 Å². The molecule has 0 unspecified atom stereocenters. The largest absolute Gasteiger partial charge is 0.149 e. The summed E-state index contributed by atoms with van der Waals surface area (Å²) in [6.45, 7) is 0. The lowest BCUT2D eigenvalue weighted by atomic mass is 10.4. The third-order valence-corrected chi connectivity index (χ3v) is 3.27. The van der Waals surface area contributed by atoms with Crippen LogP contribution in [0.15, 0.2) is 0 Å². The zero-order chi connectivity index (χ0) is 8.49. The summed E-state index contributed by atoms with van der Waals surface area (Å²) >= 11 is 3.83. The van der Waals surface area contributed by atoms with E-state index in [-0.39, 0.29) is 0 Å². The number of hydrogen-bond donors (Lipinski definition) is 0. The Balaban J connectivity index is 2.29. The van der Waals surface area contributed by atoms with Crippen LogP contribution in [-0.2, 0) is 0 Å². The predicted molar refractivity (Wildman–Crippen MR) is 59.4 cm³/mol. The molecule has 0 bridgehead atoms. The second-order valence-electron chi connectivity index (χ2n) is 2.42. The van der Waals surface area contributed by atoms with Gasteiger partial charge in [0.15, 0.2) is 0 Å². The monoisotopic (exact) mass is 196 g/mol. The summed E-state index contributed by atoms with van der Waals surface area (Å²) < 4.78 is 0. The maximum atomic E-state index is 3.03. The third kappa shape index (κ3) is 5.47. The first kappa shape index (κ1) is 9.90. The zero-order valence-corrected chi connectivity index (χ0v) is 8.69. The summed E-state index contributed by atoms with van der Waals surface area (Å²) in [4.78, 5) is 0.